The van der Waals surface area contributed by atoms with E-state index >= 15 is 0 Å². The molecule has 0 atom stereocenters. The molecule has 0 aliphatic heterocycles. The van der Waals surface area contributed by atoms with Crippen LogP contribution in [0.25, 0.3) is 122 Å². The maximum absolute atomic E-state index is 5.16. The molecule has 12 rings (SSSR count). The maximum atomic E-state index is 5.16. The summed E-state index contributed by atoms with van der Waals surface area (Å²) in [6, 6.07) is 87.2. The first-order chi connectivity index (χ1) is 31.7. The molecule has 0 aliphatic carbocycles. The van der Waals surface area contributed by atoms with Crippen molar-refractivity contribution in [3.05, 3.63) is 243 Å². The van der Waals surface area contributed by atoms with Gasteiger partial charge >= 0.3 is 0 Å². The van der Waals surface area contributed by atoms with E-state index in [0.717, 1.165) is 44.8 Å². The van der Waals surface area contributed by atoms with Crippen molar-refractivity contribution in [3.8, 4) is 78.4 Å². The molecule has 0 fully saturated rings. The molecule has 12 aromatic rings. The van der Waals surface area contributed by atoms with Crippen LogP contribution < -0.4 is 0 Å². The summed E-state index contributed by atoms with van der Waals surface area (Å²) in [7, 11) is 0. The molecule has 1 aromatic heterocycles. The summed E-state index contributed by atoms with van der Waals surface area (Å²) < 4.78 is 0. The van der Waals surface area contributed by atoms with Crippen molar-refractivity contribution in [2.75, 3.05) is 0 Å². The molecule has 0 spiro atoms. The zero-order valence-corrected chi connectivity index (χ0v) is 35.0. The number of benzene rings is 11. The van der Waals surface area contributed by atoms with Crippen LogP contribution >= 0.6 is 0 Å². The molecule has 0 N–H and O–H groups in total. The van der Waals surface area contributed by atoms with Crippen molar-refractivity contribution < 1.29 is 0 Å². The van der Waals surface area contributed by atoms with E-state index in [9.17, 15) is 0 Å². The van der Waals surface area contributed by atoms with E-state index in [1.165, 1.54) is 70.9 Å². The molecule has 11 aromatic carbocycles. The number of aromatic nitrogens is 2. The first kappa shape index (κ1) is 37.3. The molecule has 0 amide bonds. The van der Waals surface area contributed by atoms with Crippen LogP contribution in [0, 0.1) is 0 Å². The quantitative estimate of drug-likeness (QED) is 0.118. The highest BCUT2D eigenvalue weighted by atomic mass is 14.9. The van der Waals surface area contributed by atoms with E-state index in [4.69, 9.17) is 9.97 Å². The topological polar surface area (TPSA) is 25.8 Å². The van der Waals surface area contributed by atoms with Gasteiger partial charge in [-0.2, -0.15) is 0 Å². The van der Waals surface area contributed by atoms with Gasteiger partial charge in [-0.05, 0) is 112 Å². The Morgan fingerprint density at radius 1 is 0.203 bits per heavy atom. The van der Waals surface area contributed by atoms with Crippen LogP contribution in [0.3, 0.4) is 0 Å². The minimum absolute atomic E-state index is 0.703. The second-order valence-corrected chi connectivity index (χ2v) is 16.5. The highest BCUT2D eigenvalue weighted by Crippen LogP contribution is 2.41. The SMILES string of the molecule is c1ccc(-c2nc(-c3ccc(-c4ccc(-c5ccc(-c6cc7ccccc7c7cc8ccccc8cc67)cc5)c5ccccc45)cc3)cc(-c3ccccc3-c3ccccc3)n2)cc1. The number of nitrogens with zero attached hydrogens (tertiary/aromatic N) is 2. The average Bonchev–Trinajstić information content (AvgIpc) is 3.38. The van der Waals surface area contributed by atoms with Gasteiger partial charge in [0.1, 0.15) is 0 Å². The number of rotatable bonds is 7. The van der Waals surface area contributed by atoms with E-state index < -0.39 is 0 Å². The van der Waals surface area contributed by atoms with Crippen LogP contribution in [-0.4, -0.2) is 9.97 Å². The first-order valence-corrected chi connectivity index (χ1v) is 21.9. The van der Waals surface area contributed by atoms with Crippen molar-refractivity contribution in [1.29, 1.82) is 0 Å². The minimum atomic E-state index is 0.703. The molecule has 2 nitrogen and oxygen atoms in total. The molecule has 0 saturated heterocycles. The van der Waals surface area contributed by atoms with Crippen molar-refractivity contribution in [3.63, 3.8) is 0 Å². The Labute approximate surface area is 372 Å². The lowest BCUT2D eigenvalue weighted by Crippen LogP contribution is -1.97. The predicted molar refractivity (Wildman–Crippen MR) is 270 cm³/mol. The molecule has 0 saturated carbocycles. The predicted octanol–water partition coefficient (Wildman–Crippen LogP) is 16.8. The van der Waals surface area contributed by atoms with Gasteiger partial charge in [0.2, 0.25) is 0 Å². The fourth-order valence-electron chi connectivity index (χ4n) is 9.50. The van der Waals surface area contributed by atoms with Crippen molar-refractivity contribution >= 4 is 43.1 Å². The average molecular weight is 813 g/mol. The van der Waals surface area contributed by atoms with Gasteiger partial charge in [0.25, 0.3) is 0 Å². The van der Waals surface area contributed by atoms with Crippen LogP contribution in [0.4, 0.5) is 0 Å². The van der Waals surface area contributed by atoms with Gasteiger partial charge in [0.05, 0.1) is 11.4 Å². The molecule has 298 valence electrons. The third kappa shape index (κ3) is 6.70. The molecule has 0 bridgehead atoms. The van der Waals surface area contributed by atoms with E-state index in [0.29, 0.717) is 5.82 Å². The van der Waals surface area contributed by atoms with Gasteiger partial charge < -0.3 is 0 Å². The fraction of sp³-hybridized carbons (Fsp3) is 0. The molecule has 64 heavy (non-hydrogen) atoms. The number of hydrogen-bond acceptors (Lipinski definition) is 2. The monoisotopic (exact) mass is 812 g/mol. The lowest BCUT2D eigenvalue weighted by Gasteiger charge is -2.15. The van der Waals surface area contributed by atoms with Crippen LogP contribution in [0.1, 0.15) is 0 Å². The van der Waals surface area contributed by atoms with Crippen molar-refractivity contribution in [1.82, 2.24) is 9.97 Å². The third-order valence-corrected chi connectivity index (χ3v) is 12.7. The van der Waals surface area contributed by atoms with Crippen LogP contribution in [-0.2, 0) is 0 Å². The van der Waals surface area contributed by atoms with Crippen molar-refractivity contribution in [2.45, 2.75) is 0 Å². The molecular weight excluding hydrogens is 773 g/mol. The van der Waals surface area contributed by atoms with Gasteiger partial charge in [-0.1, -0.05) is 218 Å². The zero-order valence-electron chi connectivity index (χ0n) is 35.0. The number of fused-ring (bicyclic) bond motifs is 5. The highest BCUT2D eigenvalue weighted by molar-refractivity contribution is 6.17. The number of hydrogen-bond donors (Lipinski definition) is 0. The lowest BCUT2D eigenvalue weighted by atomic mass is 9.89. The van der Waals surface area contributed by atoms with E-state index in [1.54, 1.807) is 0 Å². The highest BCUT2D eigenvalue weighted by Gasteiger charge is 2.16. The second kappa shape index (κ2) is 15.8. The Morgan fingerprint density at radius 2 is 0.641 bits per heavy atom. The molecule has 2 heteroatoms. The Bertz CT molecular complexity index is 3690. The summed E-state index contributed by atoms with van der Waals surface area (Å²) in [5.74, 6) is 0.703. The molecular formula is C62H40N2. The Morgan fingerprint density at radius 3 is 1.27 bits per heavy atom. The molecule has 0 aliphatic rings. The van der Waals surface area contributed by atoms with Gasteiger partial charge in [-0.15, -0.1) is 0 Å². The summed E-state index contributed by atoms with van der Waals surface area (Å²) in [6.07, 6.45) is 0. The van der Waals surface area contributed by atoms with Gasteiger partial charge in [0.15, 0.2) is 5.82 Å². The Balaban J connectivity index is 0.905. The van der Waals surface area contributed by atoms with Gasteiger partial charge in [-0.25, -0.2) is 9.97 Å². The lowest BCUT2D eigenvalue weighted by molar-refractivity contribution is 1.18. The Hall–Kier alpha value is -8.46. The molecule has 1 heterocycles. The summed E-state index contributed by atoms with van der Waals surface area (Å²) in [4.78, 5) is 10.3. The minimum Gasteiger partial charge on any atom is -0.228 e. The van der Waals surface area contributed by atoms with Crippen molar-refractivity contribution in [2.24, 2.45) is 0 Å². The maximum Gasteiger partial charge on any atom is 0.160 e. The van der Waals surface area contributed by atoms with Crippen LogP contribution in [0.15, 0.2) is 243 Å². The summed E-state index contributed by atoms with van der Waals surface area (Å²) in [5, 5.41) is 10.1. The van der Waals surface area contributed by atoms with E-state index in [2.05, 4.69) is 224 Å². The summed E-state index contributed by atoms with van der Waals surface area (Å²) in [5.41, 5.74) is 14.4. The molecule has 0 unspecified atom stereocenters. The van der Waals surface area contributed by atoms with E-state index in [-0.39, 0.29) is 0 Å². The van der Waals surface area contributed by atoms with Crippen LogP contribution in [0.2, 0.25) is 0 Å². The van der Waals surface area contributed by atoms with Gasteiger partial charge in [0, 0.05) is 16.7 Å². The third-order valence-electron chi connectivity index (χ3n) is 12.7. The molecule has 0 radical (unpaired) electrons. The van der Waals surface area contributed by atoms with Gasteiger partial charge in [-0.3, -0.25) is 0 Å². The normalized spacial score (nSPS) is 11.4. The largest absolute Gasteiger partial charge is 0.228 e. The zero-order chi connectivity index (χ0) is 42.4. The second-order valence-electron chi connectivity index (χ2n) is 16.5. The Kier molecular flexibility index (Phi) is 9.20. The first-order valence-electron chi connectivity index (χ1n) is 21.9. The van der Waals surface area contributed by atoms with Crippen LogP contribution in [0.5, 0.6) is 0 Å². The smallest absolute Gasteiger partial charge is 0.160 e. The fourth-order valence-corrected chi connectivity index (χ4v) is 9.50. The summed E-state index contributed by atoms with van der Waals surface area (Å²) >= 11 is 0. The van der Waals surface area contributed by atoms with E-state index in [1.807, 2.05) is 18.2 Å². The summed E-state index contributed by atoms with van der Waals surface area (Å²) in [6.45, 7) is 0. The standard InChI is InChI=1S/C62H40N2/c1-3-15-41(16-4-1)50-22-11-14-26-56(50)61-40-60(63-62(64-61)46-17-5-2-6-18-46)45-33-31-43(32-34-45)53-36-35-52(54-24-12-13-25-55(53)54)42-27-29-44(30-28-42)57-39-49-21-9-10-23-51(49)58-37-47-19-7-8-20-48(47)38-59(57)58/h1-40H.